The van der Waals surface area contributed by atoms with E-state index in [1.165, 1.54) is 24.8 Å². The summed E-state index contributed by atoms with van der Waals surface area (Å²) in [5.41, 5.74) is -0.970. The number of ether oxygens (including phenoxy) is 3. The maximum atomic E-state index is 11.7. The number of aromatic amines is 2. The fraction of sp³-hybridized carbons (Fsp3) is 0.280. The number of benzene rings is 2. The first-order chi connectivity index (χ1) is 16.6. The summed E-state index contributed by atoms with van der Waals surface area (Å²) in [7, 11) is 1.49. The molecule has 0 radical (unpaired) electrons. The van der Waals surface area contributed by atoms with E-state index < -0.39 is 21.9 Å². The van der Waals surface area contributed by atoms with Crippen molar-refractivity contribution < 1.29 is 19.1 Å². The Labute approximate surface area is 201 Å². The third kappa shape index (κ3) is 6.59. The summed E-state index contributed by atoms with van der Waals surface area (Å²) < 4.78 is 16.9. The Morgan fingerprint density at radius 1 is 0.943 bits per heavy atom. The summed E-state index contributed by atoms with van der Waals surface area (Å²) in [6, 6.07) is 13.0. The molecule has 184 valence electrons. The van der Waals surface area contributed by atoms with Crippen LogP contribution in [0.25, 0.3) is 12.2 Å². The van der Waals surface area contributed by atoms with Gasteiger partial charge in [-0.2, -0.15) is 0 Å². The Balaban J connectivity index is 1.64. The summed E-state index contributed by atoms with van der Waals surface area (Å²) in [5, 5.41) is 11.2. The van der Waals surface area contributed by atoms with Crippen LogP contribution >= 0.6 is 0 Å². The number of aromatic nitrogens is 2. The molecule has 0 atom stereocenters. The Hall–Kier alpha value is -4.34. The van der Waals surface area contributed by atoms with Crippen molar-refractivity contribution >= 4 is 17.8 Å². The van der Waals surface area contributed by atoms with Crippen LogP contribution in [-0.2, 0) is 5.41 Å². The molecule has 0 aliphatic rings. The van der Waals surface area contributed by atoms with Crippen LogP contribution in [-0.4, -0.2) is 35.2 Å². The van der Waals surface area contributed by atoms with E-state index in [0.29, 0.717) is 23.7 Å². The summed E-state index contributed by atoms with van der Waals surface area (Å²) in [6.07, 6.45) is 2.79. The molecule has 0 saturated heterocycles. The van der Waals surface area contributed by atoms with Gasteiger partial charge in [-0.15, -0.1) is 0 Å². The molecule has 3 rings (SSSR count). The van der Waals surface area contributed by atoms with Gasteiger partial charge in [0.25, 0.3) is 0 Å². The average Bonchev–Trinajstić information content (AvgIpc) is 2.79. The molecule has 0 fully saturated rings. The number of hydrogen-bond donors (Lipinski definition) is 2. The van der Waals surface area contributed by atoms with E-state index in [9.17, 15) is 19.7 Å². The van der Waals surface area contributed by atoms with Crippen molar-refractivity contribution in [3.05, 3.63) is 90.2 Å². The molecule has 0 amide bonds. The van der Waals surface area contributed by atoms with Crippen molar-refractivity contribution in [1.29, 1.82) is 0 Å². The van der Waals surface area contributed by atoms with Crippen LogP contribution in [0.5, 0.6) is 17.2 Å². The smallest absolute Gasteiger partial charge is 0.357 e. The molecule has 3 aromatic rings. The highest BCUT2D eigenvalue weighted by atomic mass is 16.6. The lowest BCUT2D eigenvalue weighted by Crippen LogP contribution is -2.25. The number of rotatable bonds is 9. The van der Waals surface area contributed by atoms with Gasteiger partial charge in [-0.25, -0.2) is 4.79 Å². The molecule has 0 unspecified atom stereocenters. The summed E-state index contributed by atoms with van der Waals surface area (Å²) >= 11 is 0. The summed E-state index contributed by atoms with van der Waals surface area (Å²) in [4.78, 5) is 37.6. The van der Waals surface area contributed by atoms with Gasteiger partial charge in [0.1, 0.15) is 24.7 Å². The van der Waals surface area contributed by atoms with Gasteiger partial charge in [-0.3, -0.25) is 19.9 Å². The maximum Gasteiger partial charge on any atom is 0.357 e. The molecule has 0 bridgehead atoms. The number of nitrogens with zero attached hydrogens (tertiary/aromatic N) is 1. The minimum atomic E-state index is -1.08. The number of hydrogen-bond acceptors (Lipinski definition) is 7. The van der Waals surface area contributed by atoms with E-state index in [1.54, 1.807) is 18.2 Å². The van der Waals surface area contributed by atoms with Gasteiger partial charge in [-0.05, 0) is 46.9 Å². The third-order valence-corrected chi connectivity index (χ3v) is 5.09. The topological polar surface area (TPSA) is 137 Å². The Morgan fingerprint density at radius 3 is 2.26 bits per heavy atom. The normalized spacial score (nSPS) is 11.4. The molecule has 10 nitrogen and oxygen atoms in total. The van der Waals surface area contributed by atoms with Gasteiger partial charge in [0.15, 0.2) is 11.5 Å². The highest BCUT2D eigenvalue weighted by Gasteiger charge is 2.19. The summed E-state index contributed by atoms with van der Waals surface area (Å²) in [6.45, 7) is 7.07. The molecule has 1 aromatic heterocycles. The van der Waals surface area contributed by atoms with Crippen LogP contribution < -0.4 is 25.5 Å². The quantitative estimate of drug-likeness (QED) is 0.269. The number of nitrogens with one attached hydrogen (secondary N) is 2. The lowest BCUT2D eigenvalue weighted by molar-refractivity contribution is -0.386. The average molecular weight is 482 g/mol. The van der Waals surface area contributed by atoms with Gasteiger partial charge in [0, 0.05) is 0 Å². The fourth-order valence-corrected chi connectivity index (χ4v) is 3.25. The second kappa shape index (κ2) is 10.7. The Bertz CT molecular complexity index is 1330. The second-order valence-electron chi connectivity index (χ2n) is 8.64. The van der Waals surface area contributed by atoms with Crippen LogP contribution in [0, 0.1) is 10.1 Å². The molecule has 0 aliphatic carbocycles. The lowest BCUT2D eigenvalue weighted by Gasteiger charge is -2.19. The highest BCUT2D eigenvalue weighted by molar-refractivity contribution is 5.72. The SMILES string of the molecule is COc1cc(/C=C/c2[nH]c(=O)[nH]c(=O)c2[N+](=O)[O-])ccc1OCCOc1ccc(C(C)(C)C)cc1. The molecule has 10 heteroatoms. The maximum absolute atomic E-state index is 11.7. The van der Waals surface area contributed by atoms with Crippen LogP contribution in [0.2, 0.25) is 0 Å². The zero-order valence-electron chi connectivity index (χ0n) is 19.9. The van der Waals surface area contributed by atoms with Crippen LogP contribution in [0.4, 0.5) is 5.69 Å². The van der Waals surface area contributed by atoms with Crippen molar-refractivity contribution in [3.8, 4) is 17.2 Å². The van der Waals surface area contributed by atoms with E-state index in [4.69, 9.17) is 14.2 Å². The fourth-order valence-electron chi connectivity index (χ4n) is 3.25. The van der Waals surface area contributed by atoms with E-state index >= 15 is 0 Å². The molecule has 35 heavy (non-hydrogen) atoms. The lowest BCUT2D eigenvalue weighted by atomic mass is 9.87. The first-order valence-corrected chi connectivity index (χ1v) is 10.8. The molecule has 2 aromatic carbocycles. The zero-order valence-corrected chi connectivity index (χ0v) is 19.9. The van der Waals surface area contributed by atoms with Crippen molar-refractivity contribution in [2.24, 2.45) is 0 Å². The van der Waals surface area contributed by atoms with Crippen LogP contribution in [0.1, 0.15) is 37.6 Å². The molecule has 0 spiro atoms. The monoisotopic (exact) mass is 481 g/mol. The highest BCUT2D eigenvalue weighted by Crippen LogP contribution is 2.29. The summed E-state index contributed by atoms with van der Waals surface area (Å²) in [5.74, 6) is 1.68. The molecule has 0 saturated carbocycles. The predicted octanol–water partition coefficient (Wildman–Crippen LogP) is 3.91. The second-order valence-corrected chi connectivity index (χ2v) is 8.64. The van der Waals surface area contributed by atoms with Gasteiger partial charge in [0.2, 0.25) is 0 Å². The van der Waals surface area contributed by atoms with Gasteiger partial charge >= 0.3 is 16.9 Å². The Morgan fingerprint density at radius 2 is 1.63 bits per heavy atom. The number of methoxy groups -OCH3 is 1. The minimum Gasteiger partial charge on any atom is -0.493 e. The largest absolute Gasteiger partial charge is 0.493 e. The van der Waals surface area contributed by atoms with Gasteiger partial charge < -0.3 is 19.2 Å². The van der Waals surface area contributed by atoms with E-state index in [2.05, 4.69) is 25.8 Å². The van der Waals surface area contributed by atoms with Crippen LogP contribution in [0.3, 0.4) is 0 Å². The van der Waals surface area contributed by atoms with Crippen molar-refractivity contribution in [2.45, 2.75) is 26.2 Å². The predicted molar refractivity (Wildman–Crippen MR) is 132 cm³/mol. The standard InChI is InChI=1S/C25H27N3O7/c1-25(2,3)17-7-9-18(10-8-17)34-13-14-35-20-12-6-16(15-21(20)33-4)5-11-19-22(28(31)32)23(29)27-24(30)26-19/h5-12,15H,13-14H2,1-4H3,(H2,26,27,29,30)/b11-5+. The van der Waals surface area contributed by atoms with Gasteiger partial charge in [-0.1, -0.05) is 45.0 Å². The molecule has 0 aliphatic heterocycles. The molecule has 1 heterocycles. The minimum absolute atomic E-state index is 0.0736. The van der Waals surface area contributed by atoms with Gasteiger partial charge in [0.05, 0.1) is 12.0 Å². The molecular formula is C25H27N3O7. The third-order valence-electron chi connectivity index (χ3n) is 5.09. The van der Waals surface area contributed by atoms with E-state index in [-0.39, 0.29) is 17.7 Å². The van der Waals surface area contributed by atoms with E-state index in [1.807, 2.05) is 29.2 Å². The number of nitro groups is 1. The number of H-pyrrole nitrogens is 2. The van der Waals surface area contributed by atoms with E-state index in [0.717, 1.165) is 5.75 Å². The molecular weight excluding hydrogens is 454 g/mol. The van der Waals surface area contributed by atoms with Crippen molar-refractivity contribution in [3.63, 3.8) is 0 Å². The molecule has 2 N–H and O–H groups in total. The first kappa shape index (κ1) is 25.3. The van der Waals surface area contributed by atoms with Crippen molar-refractivity contribution in [1.82, 2.24) is 9.97 Å². The zero-order chi connectivity index (χ0) is 25.6. The Kier molecular flexibility index (Phi) is 7.75. The van der Waals surface area contributed by atoms with Crippen LogP contribution in [0.15, 0.2) is 52.1 Å². The first-order valence-electron chi connectivity index (χ1n) is 10.8. The van der Waals surface area contributed by atoms with Crippen molar-refractivity contribution in [2.75, 3.05) is 20.3 Å².